The summed E-state index contributed by atoms with van der Waals surface area (Å²) in [7, 11) is 0. The van der Waals surface area contributed by atoms with Gasteiger partial charge in [-0.15, -0.1) is 0 Å². The highest BCUT2D eigenvalue weighted by atomic mass is 16.5. The number of benzene rings is 1. The van der Waals surface area contributed by atoms with E-state index >= 15 is 0 Å². The Kier molecular flexibility index (Phi) is 6.22. The standard InChI is InChI=1S/C14H16O6/c15-12(16)8-2-1-3-9-13(17)20-11-7-5-4-6-10(11)14(18)19/h4-7H,1-3,8-9H2,(H,15,16)(H,18,19). The Hall–Kier alpha value is -2.37. The van der Waals surface area contributed by atoms with Gasteiger partial charge in [-0.1, -0.05) is 18.6 Å². The molecule has 0 saturated carbocycles. The van der Waals surface area contributed by atoms with Gasteiger partial charge in [0.05, 0.1) is 0 Å². The highest BCUT2D eigenvalue weighted by Gasteiger charge is 2.13. The van der Waals surface area contributed by atoms with Crippen molar-refractivity contribution < 1.29 is 29.3 Å². The highest BCUT2D eigenvalue weighted by Crippen LogP contribution is 2.18. The first-order chi connectivity index (χ1) is 9.50. The summed E-state index contributed by atoms with van der Waals surface area (Å²) in [6.45, 7) is 0. The Morgan fingerprint density at radius 3 is 2.25 bits per heavy atom. The number of para-hydroxylation sites is 1. The summed E-state index contributed by atoms with van der Waals surface area (Å²) in [6, 6.07) is 5.91. The number of aliphatic carboxylic acids is 1. The van der Waals surface area contributed by atoms with Crippen LogP contribution in [0, 0.1) is 0 Å². The van der Waals surface area contributed by atoms with E-state index in [2.05, 4.69) is 0 Å². The molecule has 0 aliphatic carbocycles. The lowest BCUT2D eigenvalue weighted by Gasteiger charge is -2.06. The highest BCUT2D eigenvalue weighted by molar-refractivity contribution is 5.91. The Bertz CT molecular complexity index is 494. The number of hydrogen-bond donors (Lipinski definition) is 2. The predicted octanol–water partition coefficient (Wildman–Crippen LogP) is 2.33. The van der Waals surface area contributed by atoms with Crippen LogP contribution in [0.15, 0.2) is 24.3 Å². The molecule has 1 aromatic carbocycles. The van der Waals surface area contributed by atoms with Crippen LogP contribution in [-0.2, 0) is 9.59 Å². The number of carboxylic acids is 2. The Morgan fingerprint density at radius 1 is 0.950 bits per heavy atom. The molecular weight excluding hydrogens is 264 g/mol. The van der Waals surface area contributed by atoms with Crippen LogP contribution in [0.1, 0.15) is 42.5 Å². The number of carboxylic acid groups (broad SMARTS) is 2. The van der Waals surface area contributed by atoms with Gasteiger partial charge in [0, 0.05) is 12.8 Å². The molecular formula is C14H16O6. The lowest BCUT2D eigenvalue weighted by atomic mass is 10.1. The zero-order chi connectivity index (χ0) is 15.0. The summed E-state index contributed by atoms with van der Waals surface area (Å²) >= 11 is 0. The second-order valence-corrected chi connectivity index (χ2v) is 4.23. The summed E-state index contributed by atoms with van der Waals surface area (Å²) in [6.07, 6.45) is 1.85. The van der Waals surface area contributed by atoms with Gasteiger partial charge in [-0.2, -0.15) is 0 Å². The largest absolute Gasteiger partial charge is 0.481 e. The lowest BCUT2D eigenvalue weighted by Crippen LogP contribution is -2.10. The molecule has 0 saturated heterocycles. The van der Waals surface area contributed by atoms with Crippen molar-refractivity contribution in [3.8, 4) is 5.75 Å². The number of esters is 1. The summed E-state index contributed by atoms with van der Waals surface area (Å²) in [5.41, 5.74) is -0.0632. The Balaban J connectivity index is 2.39. The number of rotatable bonds is 8. The van der Waals surface area contributed by atoms with Crippen molar-refractivity contribution in [2.45, 2.75) is 32.1 Å². The van der Waals surface area contributed by atoms with E-state index in [1.54, 1.807) is 12.1 Å². The van der Waals surface area contributed by atoms with E-state index in [-0.39, 0.29) is 24.2 Å². The fourth-order valence-corrected chi connectivity index (χ4v) is 1.63. The number of hydrogen-bond acceptors (Lipinski definition) is 4. The topological polar surface area (TPSA) is 101 Å². The molecule has 0 aromatic heterocycles. The number of carbonyl (C=O) groups excluding carboxylic acids is 1. The van der Waals surface area contributed by atoms with Crippen LogP contribution in [0.5, 0.6) is 5.75 Å². The van der Waals surface area contributed by atoms with Gasteiger partial charge in [0.1, 0.15) is 11.3 Å². The maximum Gasteiger partial charge on any atom is 0.339 e. The SMILES string of the molecule is O=C(O)CCCCCC(=O)Oc1ccccc1C(=O)O. The first-order valence-corrected chi connectivity index (χ1v) is 6.25. The second-order valence-electron chi connectivity index (χ2n) is 4.23. The normalized spacial score (nSPS) is 10.0. The van der Waals surface area contributed by atoms with Crippen molar-refractivity contribution in [1.29, 1.82) is 0 Å². The van der Waals surface area contributed by atoms with E-state index in [1.165, 1.54) is 12.1 Å². The average molecular weight is 280 g/mol. The van der Waals surface area contributed by atoms with E-state index in [1.807, 2.05) is 0 Å². The molecule has 0 unspecified atom stereocenters. The predicted molar refractivity (Wildman–Crippen MR) is 69.8 cm³/mol. The summed E-state index contributed by atoms with van der Waals surface area (Å²) in [4.78, 5) is 32.8. The third-order valence-corrected chi connectivity index (χ3v) is 2.61. The van der Waals surface area contributed by atoms with Crippen LogP contribution < -0.4 is 4.74 Å². The van der Waals surface area contributed by atoms with Gasteiger partial charge in [0.2, 0.25) is 0 Å². The van der Waals surface area contributed by atoms with E-state index < -0.39 is 17.9 Å². The van der Waals surface area contributed by atoms with Crippen LogP contribution in [-0.4, -0.2) is 28.1 Å². The third kappa shape index (κ3) is 5.51. The number of carbonyl (C=O) groups is 3. The van der Waals surface area contributed by atoms with Gasteiger partial charge in [-0.3, -0.25) is 9.59 Å². The first-order valence-electron chi connectivity index (χ1n) is 6.25. The number of aromatic carboxylic acids is 1. The van der Waals surface area contributed by atoms with Crippen LogP contribution in [0.2, 0.25) is 0 Å². The maximum atomic E-state index is 11.6. The molecule has 0 heterocycles. The van der Waals surface area contributed by atoms with Crippen molar-refractivity contribution in [2.24, 2.45) is 0 Å². The quantitative estimate of drug-likeness (QED) is 0.430. The molecule has 2 N–H and O–H groups in total. The fourth-order valence-electron chi connectivity index (χ4n) is 1.63. The van der Waals surface area contributed by atoms with Gasteiger partial charge < -0.3 is 14.9 Å². The summed E-state index contributed by atoms with van der Waals surface area (Å²) in [5, 5.41) is 17.4. The van der Waals surface area contributed by atoms with Crippen molar-refractivity contribution in [2.75, 3.05) is 0 Å². The smallest absolute Gasteiger partial charge is 0.339 e. The van der Waals surface area contributed by atoms with Crippen LogP contribution in [0.3, 0.4) is 0 Å². The van der Waals surface area contributed by atoms with Crippen molar-refractivity contribution in [3.05, 3.63) is 29.8 Å². The zero-order valence-electron chi connectivity index (χ0n) is 10.9. The molecule has 20 heavy (non-hydrogen) atoms. The van der Waals surface area contributed by atoms with Gasteiger partial charge in [-0.25, -0.2) is 4.79 Å². The molecule has 0 aliphatic rings. The third-order valence-electron chi connectivity index (χ3n) is 2.61. The van der Waals surface area contributed by atoms with Crippen molar-refractivity contribution in [1.82, 2.24) is 0 Å². The van der Waals surface area contributed by atoms with Gasteiger partial charge in [-0.05, 0) is 25.0 Å². The maximum absolute atomic E-state index is 11.6. The first kappa shape index (κ1) is 15.7. The van der Waals surface area contributed by atoms with Crippen LogP contribution in [0.4, 0.5) is 0 Å². The number of unbranched alkanes of at least 4 members (excludes halogenated alkanes) is 2. The molecule has 108 valence electrons. The molecule has 1 rings (SSSR count). The van der Waals surface area contributed by atoms with E-state index in [4.69, 9.17) is 14.9 Å². The summed E-state index contributed by atoms with van der Waals surface area (Å²) in [5.74, 6) is -2.51. The lowest BCUT2D eigenvalue weighted by molar-refractivity contribution is -0.137. The Morgan fingerprint density at radius 2 is 1.60 bits per heavy atom. The molecule has 0 aliphatic heterocycles. The van der Waals surface area contributed by atoms with E-state index in [0.717, 1.165) is 0 Å². The van der Waals surface area contributed by atoms with Crippen LogP contribution in [0.25, 0.3) is 0 Å². The average Bonchev–Trinajstić information content (AvgIpc) is 2.38. The molecule has 0 spiro atoms. The minimum absolute atomic E-state index is 0.0236. The van der Waals surface area contributed by atoms with Gasteiger partial charge >= 0.3 is 17.9 Å². The molecule has 0 fully saturated rings. The molecule has 6 nitrogen and oxygen atoms in total. The number of ether oxygens (including phenoxy) is 1. The molecule has 6 heteroatoms. The second kappa shape index (κ2) is 7.93. The molecule has 1 aromatic rings. The van der Waals surface area contributed by atoms with E-state index in [9.17, 15) is 14.4 Å². The zero-order valence-corrected chi connectivity index (χ0v) is 10.9. The minimum atomic E-state index is -1.16. The van der Waals surface area contributed by atoms with Crippen molar-refractivity contribution >= 4 is 17.9 Å². The molecule has 0 atom stereocenters. The molecule has 0 bridgehead atoms. The minimum Gasteiger partial charge on any atom is -0.481 e. The Labute approximate surface area is 116 Å². The van der Waals surface area contributed by atoms with Gasteiger partial charge in [0.15, 0.2) is 0 Å². The molecule has 0 amide bonds. The van der Waals surface area contributed by atoms with Crippen molar-refractivity contribution in [3.63, 3.8) is 0 Å². The molecule has 0 radical (unpaired) electrons. The fraction of sp³-hybridized carbons (Fsp3) is 0.357. The van der Waals surface area contributed by atoms with Gasteiger partial charge in [0.25, 0.3) is 0 Å². The monoisotopic (exact) mass is 280 g/mol. The van der Waals surface area contributed by atoms with E-state index in [0.29, 0.717) is 19.3 Å². The summed E-state index contributed by atoms with van der Waals surface area (Å²) < 4.78 is 5.00. The van der Waals surface area contributed by atoms with Crippen LogP contribution >= 0.6 is 0 Å².